The fraction of sp³-hybridized carbons (Fsp3) is 0.455. The molecule has 0 bridgehead atoms. The summed E-state index contributed by atoms with van der Waals surface area (Å²) in [4.78, 5) is 64.4. The molecule has 6 atom stereocenters. The summed E-state index contributed by atoms with van der Waals surface area (Å²) in [6.07, 6.45) is 21.8. The smallest absolute Gasteiger partial charge is 0.870 e. The number of nitrogens with zero attached hydrogens (tertiary/aromatic N) is 8. The van der Waals surface area contributed by atoms with Crippen LogP contribution in [-0.4, -0.2) is 219 Å². The predicted molar refractivity (Wildman–Crippen MR) is 548 cm³/mol. The molecule has 1 aliphatic carbocycles. The summed E-state index contributed by atoms with van der Waals surface area (Å²) in [6.45, 7) is 35.8. The van der Waals surface area contributed by atoms with Gasteiger partial charge in [-0.1, -0.05) is 59.4 Å². The zero-order chi connectivity index (χ0) is 93.9. The number of likely N-dealkylation sites (tertiary alicyclic amines) is 5. The summed E-state index contributed by atoms with van der Waals surface area (Å²) in [5, 5.41) is 13.8. The van der Waals surface area contributed by atoms with Crippen LogP contribution < -0.4 is 60.0 Å². The molecule has 5 aliphatic heterocycles. The molecule has 0 unspecified atom stereocenters. The summed E-state index contributed by atoms with van der Waals surface area (Å²) >= 11 is 2.31. The fourth-order valence-corrected chi connectivity index (χ4v) is 19.4. The van der Waals surface area contributed by atoms with Crippen LogP contribution in [0.4, 0.5) is 0 Å². The van der Waals surface area contributed by atoms with Gasteiger partial charge in [-0.25, -0.2) is 14.4 Å². The van der Waals surface area contributed by atoms with Crippen LogP contribution in [0.3, 0.4) is 0 Å². The number of hydrogen-bond donors (Lipinski definition) is 4. The molecule has 7 N–H and O–H groups in total. The number of aromatic amines is 1. The third kappa shape index (κ3) is 29.7. The van der Waals surface area contributed by atoms with E-state index >= 15 is 0 Å². The van der Waals surface area contributed by atoms with E-state index in [9.17, 15) is 24.3 Å². The molecule has 18 rings (SSSR count). The zero-order valence-electron chi connectivity index (χ0n) is 81.6. The van der Waals surface area contributed by atoms with Crippen molar-refractivity contribution in [2.75, 3.05) is 105 Å². The van der Waals surface area contributed by atoms with Crippen molar-refractivity contribution in [2.24, 2.45) is 11.5 Å². The maximum absolute atomic E-state index is 13.3. The number of ether oxygens (including phenoxy) is 6. The van der Waals surface area contributed by atoms with Crippen molar-refractivity contribution in [3.63, 3.8) is 0 Å². The van der Waals surface area contributed by atoms with Crippen molar-refractivity contribution in [3.05, 3.63) is 243 Å². The molecule has 6 fully saturated rings. The molecule has 0 spiro atoms. The largest absolute Gasteiger partial charge is 1.00 e. The first-order valence-corrected chi connectivity index (χ1v) is 49.9. The number of carboxylic acid groups (broad SMARTS) is 1. The predicted octanol–water partition coefficient (Wildman–Crippen LogP) is 18.9. The van der Waals surface area contributed by atoms with E-state index in [1.54, 1.807) is 17.6 Å². The number of aromatic carboxylic acids is 1. The second-order valence-electron chi connectivity index (χ2n) is 36.8. The van der Waals surface area contributed by atoms with Gasteiger partial charge in [0.2, 0.25) is 0 Å². The number of nitrogens with one attached hydrogen (secondary N) is 1. The van der Waals surface area contributed by atoms with Crippen LogP contribution in [0.1, 0.15) is 221 Å². The van der Waals surface area contributed by atoms with E-state index in [1.165, 1.54) is 112 Å². The van der Waals surface area contributed by atoms with Crippen molar-refractivity contribution < 1.29 is 87.7 Å². The van der Waals surface area contributed by atoms with Gasteiger partial charge in [-0.05, 0) is 391 Å². The molecule has 6 aliphatic rings. The Kier molecular flexibility index (Phi) is 41.5. The molecule has 1 amide bonds. The Bertz CT molecular complexity index is 5720. The van der Waals surface area contributed by atoms with Crippen LogP contribution in [-0.2, 0) is 9.47 Å². The molecule has 25 heteroatoms. The number of fused-ring (bicyclic) bond motifs is 4. The number of aromatic nitrogens is 4. The van der Waals surface area contributed by atoms with Crippen LogP contribution in [0.15, 0.2) is 194 Å². The number of halogens is 1. The first-order chi connectivity index (χ1) is 64.4. The van der Waals surface area contributed by atoms with Gasteiger partial charge in [0.25, 0.3) is 5.91 Å². The van der Waals surface area contributed by atoms with Gasteiger partial charge in [0.15, 0.2) is 0 Å². The molecule has 718 valence electrons. The van der Waals surface area contributed by atoms with Crippen LogP contribution in [0.2, 0.25) is 0 Å². The van der Waals surface area contributed by atoms with Crippen LogP contribution in [0.25, 0.3) is 60.7 Å². The number of carboxylic acids is 1. The normalized spacial score (nSPS) is 18.3. The van der Waals surface area contributed by atoms with Gasteiger partial charge in [0.1, 0.15) is 45.8 Å². The minimum atomic E-state index is -0.935. The molecule has 135 heavy (non-hydrogen) atoms. The molecule has 0 radical (unpaired) electrons. The number of aryl methyl sites for hydroxylation is 4. The van der Waals surface area contributed by atoms with Gasteiger partial charge in [-0.3, -0.25) is 4.79 Å². The number of benzene rings is 8. The van der Waals surface area contributed by atoms with Crippen molar-refractivity contribution in [2.45, 2.75) is 221 Å². The average Bonchev–Trinajstić information content (AvgIpc) is 1.67. The standard InChI is InChI=1S/C28H35N3O2.C26H32N2O3.C24H28N2O3.C14H20INO.C12H13NO2.C6H14N2.Na.H2O/c1-21-8-13-26-23(19-21)20-27(28(32)30-14-3-4-15-30)31(26)24-9-11-25(12-10-24)33-18-6-17-29-16-5-7-22(29)2;1-4-30-26(29)25-18-21-17-19(2)8-13-24(21)28(25)22-9-11-23(12-10-22)31-16-6-15-27-14-5-7-20(27)3;1-17-6-11-22-19(15-17)16-23(24(27)28)26(22)20-7-9-21(10-8-20)29-14-4-13-25-12-3-5-18(25)2;1-12-4-2-9-16(12)10-3-11-17-14-7-5-13(15)6-8-14;1-3-15-12(14)11-7-9-6-8(2)4-5-10(9)13-11;7-5-3-1-2-4-6(5)8;;/h8-13,19-20,22H,3-7,14-18H2,1-2H3;8-13,17-18,20H,4-7,14-16H2,1-3H3;6-11,15-16,18H,3-5,12-14H2,1-2H3,(H,27,28);5-8,12H,2-4,9-11H2,1H3;4-7,13H,3H2,1-2H3;5-6H,1-4,7-8H2;;1H2/q;;;;;;+1;/p-1/t22-;20-;18-;12-;;5-,6-;;/m1111.1../s1. The zero-order valence-corrected chi connectivity index (χ0v) is 85.7. The van der Waals surface area contributed by atoms with Gasteiger partial charge >= 0.3 is 47.5 Å². The number of hydrogen-bond acceptors (Lipinski definition) is 17. The number of rotatable bonds is 29. The summed E-state index contributed by atoms with van der Waals surface area (Å²) in [7, 11) is 0. The summed E-state index contributed by atoms with van der Waals surface area (Å²) in [5.74, 6) is 2.11. The van der Waals surface area contributed by atoms with Gasteiger partial charge in [-0.15, -0.1) is 0 Å². The minimum Gasteiger partial charge on any atom is -0.870 e. The maximum atomic E-state index is 13.3. The summed E-state index contributed by atoms with van der Waals surface area (Å²) in [6, 6.07) is 67.6. The van der Waals surface area contributed by atoms with E-state index in [0.29, 0.717) is 55.9 Å². The van der Waals surface area contributed by atoms with E-state index in [4.69, 9.17) is 39.9 Å². The maximum Gasteiger partial charge on any atom is 1.00 e. The molecule has 23 nitrogen and oxygen atoms in total. The van der Waals surface area contributed by atoms with E-state index in [2.05, 4.69) is 154 Å². The number of esters is 2. The van der Waals surface area contributed by atoms with Crippen LogP contribution in [0, 0.1) is 31.3 Å². The molecule has 4 aromatic heterocycles. The summed E-state index contributed by atoms with van der Waals surface area (Å²) < 4.78 is 40.9. The van der Waals surface area contributed by atoms with Gasteiger partial charge in [0, 0.05) is 123 Å². The Hall–Kier alpha value is -9.55. The number of H-pyrrole nitrogens is 1. The molecule has 12 aromatic rings. The number of nitrogens with two attached hydrogens (primary N) is 2. The molecule has 1 saturated carbocycles. The van der Waals surface area contributed by atoms with E-state index < -0.39 is 5.97 Å². The van der Waals surface area contributed by atoms with Crippen molar-refractivity contribution in [1.82, 2.24) is 43.2 Å². The molecular weight excluding hydrogens is 1820 g/mol. The second kappa shape index (κ2) is 52.8. The Morgan fingerprint density at radius 2 is 0.711 bits per heavy atom. The molecule has 9 heterocycles. The van der Waals surface area contributed by atoms with Crippen LogP contribution >= 0.6 is 22.6 Å². The Labute approximate surface area is 834 Å². The van der Waals surface area contributed by atoms with Gasteiger partial charge in [-0.2, -0.15) is 0 Å². The van der Waals surface area contributed by atoms with Crippen molar-refractivity contribution in [1.29, 1.82) is 0 Å². The summed E-state index contributed by atoms with van der Waals surface area (Å²) in [5.41, 5.74) is 24.6. The monoisotopic (exact) mass is 1960 g/mol. The number of carbonyl (C=O) groups excluding carboxylic acids is 3. The number of carbonyl (C=O) groups is 4. The Morgan fingerprint density at radius 1 is 0.385 bits per heavy atom. The second-order valence-corrected chi connectivity index (χ2v) is 38.0. The first-order valence-electron chi connectivity index (χ1n) is 48.8. The molecular formula is C110H143IN11NaO12. The number of amides is 1. The van der Waals surface area contributed by atoms with Gasteiger partial charge in [0.05, 0.1) is 56.2 Å². The molecule has 5 saturated heterocycles. The topological polar surface area (TPSA) is 273 Å². The third-order valence-electron chi connectivity index (χ3n) is 26.6. The van der Waals surface area contributed by atoms with Crippen molar-refractivity contribution >= 4 is 90.0 Å². The van der Waals surface area contributed by atoms with E-state index in [-0.39, 0.29) is 70.7 Å². The van der Waals surface area contributed by atoms with Gasteiger partial charge < -0.3 is 93.7 Å². The fourth-order valence-electron chi connectivity index (χ4n) is 19.1. The molecule has 8 aromatic carbocycles. The Balaban J connectivity index is 0.000000162. The SMILES string of the molecule is CCOC(=O)c1cc2cc(C)ccc2[nH]1.CCOC(=O)c1cc2cc(C)ccc2n1-c1ccc(OCCCN2CCC[C@H]2C)cc1.C[C@@H]1CCCN1CCCOc1ccc(I)cc1.Cc1ccc2c(c1)cc(C(=O)N1CCCC1)n2-c1ccc(OCCCN2CCC[C@H]2C)cc1.Cc1ccc2c(c1)cc(C(=O)O)n2-c1ccc(OCCCN2CCC[C@H]2C)cc1.N[C@@H]1CCCC[C@H]1N.[Na+].[OH-]. The third-order valence-corrected chi connectivity index (χ3v) is 27.3. The first kappa shape index (κ1) is 106. The van der Waals surface area contributed by atoms with Crippen LogP contribution in [0.5, 0.6) is 23.0 Å². The Morgan fingerprint density at radius 3 is 1.06 bits per heavy atom. The van der Waals surface area contributed by atoms with E-state index in [1.807, 2.05) is 158 Å². The average molecular weight is 1960 g/mol. The minimum absolute atomic E-state index is 0. The van der Waals surface area contributed by atoms with Crippen molar-refractivity contribution in [3.8, 4) is 40.1 Å². The van der Waals surface area contributed by atoms with E-state index in [0.717, 1.165) is 204 Å². The quantitative estimate of drug-likeness (QED) is 0.0147.